The second-order valence-corrected chi connectivity index (χ2v) is 6.76. The first kappa shape index (κ1) is 18.0. The minimum atomic E-state index is -0.523. The second kappa shape index (κ2) is 7.00. The molecule has 142 valence electrons. The normalized spacial score (nSPS) is 17.8. The van der Waals surface area contributed by atoms with Crippen molar-refractivity contribution < 1.29 is 19.1 Å². The monoisotopic (exact) mass is 375 g/mol. The molecule has 2 aliphatic rings. The van der Waals surface area contributed by atoms with Crippen molar-refractivity contribution in [3.63, 3.8) is 0 Å². The lowest BCUT2D eigenvalue weighted by Crippen LogP contribution is -2.29. The third-order valence-electron chi connectivity index (χ3n) is 5.17. The van der Waals surface area contributed by atoms with Gasteiger partial charge in [-0.25, -0.2) is 4.79 Å². The lowest BCUT2D eigenvalue weighted by Gasteiger charge is -2.29. The molecule has 0 unspecified atom stereocenters. The summed E-state index contributed by atoms with van der Waals surface area (Å²) in [4.78, 5) is 26.1. The van der Waals surface area contributed by atoms with Gasteiger partial charge in [0.2, 0.25) is 0 Å². The number of allylic oxidation sites excluding steroid dienone is 2. The summed E-state index contributed by atoms with van der Waals surface area (Å²) in [5.74, 6) is -0.344. The Morgan fingerprint density at radius 1 is 1.11 bits per heavy atom. The van der Waals surface area contributed by atoms with Crippen molar-refractivity contribution in [2.24, 2.45) is 0 Å². The summed E-state index contributed by atoms with van der Waals surface area (Å²) >= 11 is 0. The zero-order valence-electron chi connectivity index (χ0n) is 16.0. The van der Waals surface area contributed by atoms with Crippen molar-refractivity contribution in [3.8, 4) is 5.75 Å². The van der Waals surface area contributed by atoms with Crippen molar-refractivity contribution in [2.75, 3.05) is 13.7 Å². The Kier molecular flexibility index (Phi) is 4.51. The van der Waals surface area contributed by atoms with Crippen LogP contribution in [0.1, 0.15) is 41.3 Å². The Bertz CT molecular complexity index is 1050. The standard InChI is InChI=1S/C23H21NO4/c1-4-28-23(26)18-13(2)24-21-16-10-5-6-11-17(16)22(25)20(21)19(18)14-8-7-9-15(12-14)27-3/h5-12,19,24H,4H2,1-3H3/t19-/m0/s1. The van der Waals surface area contributed by atoms with Crippen molar-refractivity contribution >= 4 is 17.4 Å². The summed E-state index contributed by atoms with van der Waals surface area (Å²) in [6, 6.07) is 15.0. The van der Waals surface area contributed by atoms with Gasteiger partial charge >= 0.3 is 5.97 Å². The molecule has 0 radical (unpaired) electrons. The third-order valence-corrected chi connectivity index (χ3v) is 5.17. The van der Waals surface area contributed by atoms with Gasteiger partial charge in [-0.15, -0.1) is 0 Å². The number of hydrogen-bond acceptors (Lipinski definition) is 5. The Morgan fingerprint density at radius 2 is 1.86 bits per heavy atom. The van der Waals surface area contributed by atoms with Gasteiger partial charge in [0.15, 0.2) is 5.78 Å². The molecule has 1 N–H and O–H groups in total. The molecule has 0 aromatic heterocycles. The largest absolute Gasteiger partial charge is 0.497 e. The van der Waals surface area contributed by atoms with Gasteiger partial charge in [0, 0.05) is 28.3 Å². The number of carbonyl (C=O) groups excluding carboxylic acids is 2. The van der Waals surface area contributed by atoms with Crippen LogP contribution in [-0.4, -0.2) is 25.5 Å². The molecule has 2 aromatic rings. The van der Waals surface area contributed by atoms with Crippen LogP contribution in [0.4, 0.5) is 0 Å². The van der Waals surface area contributed by atoms with Crippen molar-refractivity contribution in [1.29, 1.82) is 0 Å². The van der Waals surface area contributed by atoms with Crippen LogP contribution in [0.5, 0.6) is 5.75 Å². The second-order valence-electron chi connectivity index (χ2n) is 6.76. The molecule has 0 spiro atoms. The Labute approximate surface area is 163 Å². The minimum absolute atomic E-state index is 0.0692. The number of fused-ring (bicyclic) bond motifs is 2. The summed E-state index contributed by atoms with van der Waals surface area (Å²) in [6.45, 7) is 3.88. The molecule has 2 aromatic carbocycles. The molecule has 28 heavy (non-hydrogen) atoms. The summed E-state index contributed by atoms with van der Waals surface area (Å²) in [5, 5.41) is 3.29. The lowest BCUT2D eigenvalue weighted by molar-refractivity contribution is -0.138. The van der Waals surface area contributed by atoms with E-state index in [0.29, 0.717) is 28.2 Å². The molecule has 0 amide bonds. The first-order valence-corrected chi connectivity index (χ1v) is 9.24. The maximum atomic E-state index is 13.3. The number of hydrogen-bond donors (Lipinski definition) is 1. The van der Waals surface area contributed by atoms with Crippen LogP contribution in [0.25, 0.3) is 5.70 Å². The number of nitrogens with one attached hydrogen (secondary N) is 1. The zero-order chi connectivity index (χ0) is 19.8. The molecule has 0 saturated carbocycles. The van der Waals surface area contributed by atoms with Gasteiger partial charge < -0.3 is 14.8 Å². The van der Waals surface area contributed by atoms with E-state index >= 15 is 0 Å². The third kappa shape index (κ3) is 2.71. The van der Waals surface area contributed by atoms with Gasteiger partial charge in [0.1, 0.15) is 5.75 Å². The summed E-state index contributed by atoms with van der Waals surface area (Å²) < 4.78 is 10.7. The van der Waals surface area contributed by atoms with Gasteiger partial charge in [0.05, 0.1) is 25.0 Å². The van der Waals surface area contributed by atoms with E-state index in [2.05, 4.69) is 5.32 Å². The van der Waals surface area contributed by atoms with E-state index in [4.69, 9.17) is 9.47 Å². The van der Waals surface area contributed by atoms with E-state index in [1.165, 1.54) is 0 Å². The predicted molar refractivity (Wildman–Crippen MR) is 106 cm³/mol. The van der Waals surface area contributed by atoms with E-state index in [-0.39, 0.29) is 12.4 Å². The number of benzene rings is 2. The highest BCUT2D eigenvalue weighted by Crippen LogP contribution is 2.47. The van der Waals surface area contributed by atoms with Crippen molar-refractivity contribution in [1.82, 2.24) is 5.32 Å². The Hall–Kier alpha value is -3.34. The lowest BCUT2D eigenvalue weighted by atomic mass is 9.80. The van der Waals surface area contributed by atoms with E-state index < -0.39 is 11.9 Å². The highest BCUT2D eigenvalue weighted by Gasteiger charge is 2.42. The number of dihydropyridines is 1. The first-order valence-electron chi connectivity index (χ1n) is 9.24. The molecular weight excluding hydrogens is 354 g/mol. The van der Waals surface area contributed by atoms with Gasteiger partial charge in [-0.05, 0) is 31.5 Å². The van der Waals surface area contributed by atoms with E-state index in [1.807, 2.05) is 55.5 Å². The van der Waals surface area contributed by atoms with Crippen molar-refractivity contribution in [3.05, 3.63) is 82.1 Å². The van der Waals surface area contributed by atoms with Crippen LogP contribution in [0.15, 0.2) is 65.4 Å². The van der Waals surface area contributed by atoms with Gasteiger partial charge in [-0.3, -0.25) is 4.79 Å². The maximum Gasteiger partial charge on any atom is 0.336 e. The van der Waals surface area contributed by atoms with Crippen LogP contribution in [0.2, 0.25) is 0 Å². The maximum absolute atomic E-state index is 13.3. The molecular formula is C23H21NO4. The molecule has 5 heteroatoms. The van der Waals surface area contributed by atoms with Gasteiger partial charge in [0.25, 0.3) is 0 Å². The minimum Gasteiger partial charge on any atom is -0.497 e. The van der Waals surface area contributed by atoms with Crippen LogP contribution in [0, 0.1) is 0 Å². The van der Waals surface area contributed by atoms with E-state index in [1.54, 1.807) is 14.0 Å². The molecule has 1 heterocycles. The number of Topliss-reactive ketones (excluding diaryl/α,β-unsaturated/α-hetero) is 1. The van der Waals surface area contributed by atoms with Crippen LogP contribution < -0.4 is 10.1 Å². The number of methoxy groups -OCH3 is 1. The molecule has 4 rings (SSSR count). The summed E-state index contributed by atoms with van der Waals surface area (Å²) in [7, 11) is 1.59. The van der Waals surface area contributed by atoms with Crippen LogP contribution >= 0.6 is 0 Å². The Balaban J connectivity index is 1.93. The number of rotatable bonds is 4. The Morgan fingerprint density at radius 3 is 2.57 bits per heavy atom. The fourth-order valence-corrected chi connectivity index (χ4v) is 3.96. The molecule has 0 fully saturated rings. The number of carbonyl (C=O) groups is 2. The summed E-state index contributed by atoms with van der Waals surface area (Å²) in [5.41, 5.74) is 4.80. The average molecular weight is 375 g/mol. The fourth-order valence-electron chi connectivity index (χ4n) is 3.96. The SMILES string of the molecule is CCOC(=O)C1=C(C)NC2=C(C(=O)c3ccccc32)[C@H]1c1cccc(OC)c1. The predicted octanol–water partition coefficient (Wildman–Crippen LogP) is 3.83. The highest BCUT2D eigenvalue weighted by molar-refractivity contribution is 6.23. The molecule has 1 atom stereocenters. The molecule has 0 bridgehead atoms. The molecule has 1 aliphatic carbocycles. The van der Waals surface area contributed by atoms with Crippen molar-refractivity contribution in [2.45, 2.75) is 19.8 Å². The summed E-state index contributed by atoms with van der Waals surface area (Å²) in [6.07, 6.45) is 0. The van der Waals surface area contributed by atoms with E-state index in [9.17, 15) is 9.59 Å². The van der Waals surface area contributed by atoms with Gasteiger partial charge in [-0.1, -0.05) is 36.4 Å². The average Bonchev–Trinajstić information content (AvgIpc) is 2.99. The fraction of sp³-hybridized carbons (Fsp3) is 0.217. The number of ketones is 1. The number of ether oxygens (including phenoxy) is 2. The number of esters is 1. The topological polar surface area (TPSA) is 64.6 Å². The van der Waals surface area contributed by atoms with Gasteiger partial charge in [-0.2, -0.15) is 0 Å². The van der Waals surface area contributed by atoms with E-state index in [0.717, 1.165) is 16.8 Å². The smallest absolute Gasteiger partial charge is 0.336 e. The zero-order valence-corrected chi connectivity index (χ0v) is 16.0. The van der Waals surface area contributed by atoms with Crippen LogP contribution in [-0.2, 0) is 9.53 Å². The molecule has 0 saturated heterocycles. The van der Waals surface area contributed by atoms with Crippen LogP contribution in [0.3, 0.4) is 0 Å². The highest BCUT2D eigenvalue weighted by atomic mass is 16.5. The molecule has 1 aliphatic heterocycles. The molecule has 5 nitrogen and oxygen atoms in total. The first-order chi connectivity index (χ1) is 13.6. The quantitative estimate of drug-likeness (QED) is 0.823.